The molecular formula is C6H10O4. The Labute approximate surface area is 58.1 Å². The molecule has 0 aromatic heterocycles. The smallest absolute Gasteiger partial charge is 0.311 e. The number of aliphatic hydroxyl groups is 2. The Bertz CT molecular complexity index is 135. The predicted octanol–water partition coefficient (Wildman–Crippen LogP) is -0.797. The molecule has 10 heavy (non-hydrogen) atoms. The van der Waals surface area contributed by atoms with E-state index >= 15 is 0 Å². The third-order valence-electron chi connectivity index (χ3n) is 1.87. The minimum atomic E-state index is -1.11. The summed E-state index contributed by atoms with van der Waals surface area (Å²) in [5, 5.41) is 26.4. The summed E-state index contributed by atoms with van der Waals surface area (Å²) >= 11 is 0. The zero-order chi connectivity index (χ0) is 7.72. The van der Waals surface area contributed by atoms with Crippen molar-refractivity contribution in [1.29, 1.82) is 0 Å². The van der Waals surface area contributed by atoms with Crippen molar-refractivity contribution >= 4 is 5.97 Å². The van der Waals surface area contributed by atoms with Crippen molar-refractivity contribution in [3.63, 3.8) is 0 Å². The van der Waals surface area contributed by atoms with Crippen LogP contribution in [0.1, 0.15) is 12.8 Å². The Morgan fingerprint density at radius 1 is 1.20 bits per heavy atom. The van der Waals surface area contributed by atoms with Crippen LogP contribution in [-0.2, 0) is 4.79 Å². The van der Waals surface area contributed by atoms with Crippen LogP contribution in [0.5, 0.6) is 0 Å². The molecule has 0 amide bonds. The van der Waals surface area contributed by atoms with Gasteiger partial charge in [-0.3, -0.25) is 4.79 Å². The number of carboxylic acids is 1. The number of aliphatic hydroxyl groups excluding tert-OH is 2. The van der Waals surface area contributed by atoms with Crippen LogP contribution in [0, 0.1) is 5.92 Å². The van der Waals surface area contributed by atoms with Gasteiger partial charge in [-0.25, -0.2) is 0 Å². The van der Waals surface area contributed by atoms with E-state index in [4.69, 9.17) is 15.3 Å². The molecule has 1 aliphatic rings. The molecule has 2 atom stereocenters. The molecule has 0 heterocycles. The highest BCUT2D eigenvalue weighted by Crippen LogP contribution is 2.25. The zero-order valence-corrected chi connectivity index (χ0v) is 5.40. The first-order valence-corrected chi connectivity index (χ1v) is 3.22. The number of carbonyl (C=O) groups is 1. The molecule has 0 aromatic rings. The van der Waals surface area contributed by atoms with Gasteiger partial charge in [0.1, 0.15) is 5.92 Å². The summed E-state index contributed by atoms with van der Waals surface area (Å²) in [6, 6.07) is 0. The molecule has 3 N–H and O–H groups in total. The molecule has 2 unspecified atom stereocenters. The molecule has 1 aliphatic carbocycles. The Morgan fingerprint density at radius 2 is 1.60 bits per heavy atom. The molecule has 0 aromatic carbocycles. The summed E-state index contributed by atoms with van der Waals surface area (Å²) in [6.45, 7) is 0. The van der Waals surface area contributed by atoms with Gasteiger partial charge in [0.25, 0.3) is 0 Å². The van der Waals surface area contributed by atoms with E-state index in [1.165, 1.54) is 0 Å². The van der Waals surface area contributed by atoms with Crippen LogP contribution in [0.4, 0.5) is 0 Å². The van der Waals surface area contributed by atoms with Crippen LogP contribution < -0.4 is 0 Å². The van der Waals surface area contributed by atoms with Crippen molar-refractivity contribution in [2.75, 3.05) is 0 Å². The van der Waals surface area contributed by atoms with Gasteiger partial charge in [0.05, 0.1) is 12.2 Å². The van der Waals surface area contributed by atoms with Crippen LogP contribution in [0.2, 0.25) is 0 Å². The molecule has 1 saturated carbocycles. The first-order chi connectivity index (χ1) is 4.63. The Hall–Kier alpha value is -0.610. The van der Waals surface area contributed by atoms with Crippen LogP contribution in [-0.4, -0.2) is 33.5 Å². The van der Waals surface area contributed by atoms with Gasteiger partial charge in [-0.05, 0) is 12.8 Å². The van der Waals surface area contributed by atoms with Crippen LogP contribution >= 0.6 is 0 Å². The maximum absolute atomic E-state index is 10.3. The maximum Gasteiger partial charge on any atom is 0.311 e. The second-order valence-electron chi connectivity index (χ2n) is 2.58. The average Bonchev–Trinajstić information content (AvgIpc) is 2.11. The molecule has 4 heteroatoms. The number of rotatable bonds is 1. The van der Waals surface area contributed by atoms with Gasteiger partial charge in [0, 0.05) is 0 Å². The standard InChI is InChI=1S/C6H10O4/c7-3-1-2-4(8)5(3)6(9)10/h3-5,7-8H,1-2H2,(H,9,10). The van der Waals surface area contributed by atoms with E-state index in [-0.39, 0.29) is 0 Å². The van der Waals surface area contributed by atoms with E-state index in [1.54, 1.807) is 0 Å². The van der Waals surface area contributed by atoms with Gasteiger partial charge in [0.15, 0.2) is 0 Å². The monoisotopic (exact) mass is 146 g/mol. The number of hydrogen-bond acceptors (Lipinski definition) is 3. The Kier molecular flexibility index (Phi) is 1.92. The first kappa shape index (κ1) is 7.50. The Balaban J connectivity index is 2.63. The van der Waals surface area contributed by atoms with Gasteiger partial charge in [-0.1, -0.05) is 0 Å². The topological polar surface area (TPSA) is 77.8 Å². The minimum Gasteiger partial charge on any atom is -0.481 e. The average molecular weight is 146 g/mol. The van der Waals surface area contributed by atoms with Crippen LogP contribution in [0.25, 0.3) is 0 Å². The molecule has 1 fully saturated rings. The first-order valence-electron chi connectivity index (χ1n) is 3.22. The second kappa shape index (κ2) is 2.56. The second-order valence-corrected chi connectivity index (χ2v) is 2.58. The summed E-state index contributed by atoms with van der Waals surface area (Å²) < 4.78 is 0. The van der Waals surface area contributed by atoms with Crippen molar-refractivity contribution in [2.24, 2.45) is 5.92 Å². The quantitative estimate of drug-likeness (QED) is 0.452. The fourth-order valence-electron chi connectivity index (χ4n) is 1.29. The summed E-state index contributed by atoms with van der Waals surface area (Å²) in [4.78, 5) is 10.3. The van der Waals surface area contributed by atoms with E-state index in [9.17, 15) is 4.79 Å². The highest BCUT2D eigenvalue weighted by molar-refractivity contribution is 5.71. The lowest BCUT2D eigenvalue weighted by molar-refractivity contribution is -0.148. The van der Waals surface area contributed by atoms with Crippen molar-refractivity contribution in [1.82, 2.24) is 0 Å². The van der Waals surface area contributed by atoms with Crippen LogP contribution in [0.15, 0.2) is 0 Å². The fourth-order valence-corrected chi connectivity index (χ4v) is 1.29. The third kappa shape index (κ3) is 1.12. The molecule has 0 saturated heterocycles. The third-order valence-corrected chi connectivity index (χ3v) is 1.87. The summed E-state index contributed by atoms with van der Waals surface area (Å²) in [5.74, 6) is -2.09. The van der Waals surface area contributed by atoms with Gasteiger partial charge < -0.3 is 15.3 Å². The minimum absolute atomic E-state index is 0.387. The van der Waals surface area contributed by atoms with Gasteiger partial charge in [-0.15, -0.1) is 0 Å². The summed E-state index contributed by atoms with van der Waals surface area (Å²) in [6.07, 6.45) is -0.962. The molecule has 4 nitrogen and oxygen atoms in total. The lowest BCUT2D eigenvalue weighted by Gasteiger charge is -2.11. The van der Waals surface area contributed by atoms with E-state index in [1.807, 2.05) is 0 Å². The highest BCUT2D eigenvalue weighted by atomic mass is 16.4. The van der Waals surface area contributed by atoms with E-state index in [2.05, 4.69) is 0 Å². The van der Waals surface area contributed by atoms with Gasteiger partial charge in [-0.2, -0.15) is 0 Å². The maximum atomic E-state index is 10.3. The molecule has 0 spiro atoms. The number of carboxylic acid groups (broad SMARTS) is 1. The van der Waals surface area contributed by atoms with E-state index in [0.717, 1.165) is 0 Å². The zero-order valence-electron chi connectivity index (χ0n) is 5.40. The predicted molar refractivity (Wildman–Crippen MR) is 32.4 cm³/mol. The molecular weight excluding hydrogens is 136 g/mol. The molecule has 0 aliphatic heterocycles. The van der Waals surface area contributed by atoms with Gasteiger partial charge >= 0.3 is 5.97 Å². The van der Waals surface area contributed by atoms with Crippen molar-refractivity contribution in [2.45, 2.75) is 25.0 Å². The summed E-state index contributed by atoms with van der Waals surface area (Å²) in [5.41, 5.74) is 0. The molecule has 0 radical (unpaired) electrons. The van der Waals surface area contributed by atoms with Gasteiger partial charge in [0.2, 0.25) is 0 Å². The number of aliphatic carboxylic acids is 1. The van der Waals surface area contributed by atoms with Crippen molar-refractivity contribution < 1.29 is 20.1 Å². The van der Waals surface area contributed by atoms with Crippen LogP contribution in [0.3, 0.4) is 0 Å². The lowest BCUT2D eigenvalue weighted by Crippen LogP contribution is -2.30. The SMILES string of the molecule is O=C(O)C1C(O)CCC1O. The van der Waals surface area contributed by atoms with Crippen molar-refractivity contribution in [3.05, 3.63) is 0 Å². The Morgan fingerprint density at radius 3 is 1.80 bits per heavy atom. The molecule has 58 valence electrons. The molecule has 1 rings (SSSR count). The van der Waals surface area contributed by atoms with E-state index in [0.29, 0.717) is 12.8 Å². The van der Waals surface area contributed by atoms with Crippen molar-refractivity contribution in [3.8, 4) is 0 Å². The summed E-state index contributed by atoms with van der Waals surface area (Å²) in [7, 11) is 0. The fraction of sp³-hybridized carbons (Fsp3) is 0.833. The van der Waals surface area contributed by atoms with E-state index < -0.39 is 24.1 Å². The molecule has 0 bridgehead atoms. The normalized spacial score (nSPS) is 40.0. The number of hydrogen-bond donors (Lipinski definition) is 3. The highest BCUT2D eigenvalue weighted by Gasteiger charge is 2.38. The lowest BCUT2D eigenvalue weighted by atomic mass is 10.1. The largest absolute Gasteiger partial charge is 0.481 e.